The van der Waals surface area contributed by atoms with Crippen molar-refractivity contribution < 1.29 is 4.74 Å². The minimum Gasteiger partial charge on any atom is -0.382 e. The summed E-state index contributed by atoms with van der Waals surface area (Å²) in [6.07, 6.45) is 3.28. The van der Waals surface area contributed by atoms with Gasteiger partial charge in [0.1, 0.15) is 0 Å². The largest absolute Gasteiger partial charge is 0.382 e. The summed E-state index contributed by atoms with van der Waals surface area (Å²) in [4.78, 5) is 0. The highest BCUT2D eigenvalue weighted by Gasteiger charge is 2.13. The van der Waals surface area contributed by atoms with Crippen molar-refractivity contribution in [2.75, 3.05) is 13.7 Å². The normalized spacial score (nSPS) is 14.4. The Hall–Kier alpha value is -0.280. The molecule has 0 aliphatic rings. The summed E-state index contributed by atoms with van der Waals surface area (Å²) >= 11 is 12.2. The van der Waals surface area contributed by atoms with Gasteiger partial charge in [-0.15, -0.1) is 0 Å². The first-order chi connectivity index (χ1) is 9.06. The molecular formula is C15H23Cl2NO. The molecule has 0 aliphatic heterocycles. The van der Waals surface area contributed by atoms with Crippen molar-refractivity contribution in [3.8, 4) is 0 Å². The van der Waals surface area contributed by atoms with Crippen molar-refractivity contribution in [3.63, 3.8) is 0 Å². The number of rotatable bonds is 8. The molecule has 0 spiro atoms. The summed E-state index contributed by atoms with van der Waals surface area (Å²) in [5.41, 5.74) is 1.10. The zero-order valence-electron chi connectivity index (χ0n) is 11.9. The van der Waals surface area contributed by atoms with Crippen LogP contribution in [0.1, 0.15) is 32.3 Å². The molecule has 108 valence electrons. The van der Waals surface area contributed by atoms with Gasteiger partial charge in [0.15, 0.2) is 0 Å². The van der Waals surface area contributed by atoms with Crippen LogP contribution >= 0.6 is 23.2 Å². The van der Waals surface area contributed by atoms with E-state index in [4.69, 9.17) is 27.9 Å². The third-order valence-corrected chi connectivity index (χ3v) is 3.89. The molecule has 0 radical (unpaired) electrons. The molecule has 0 fully saturated rings. The minimum atomic E-state index is 0.288. The molecule has 1 rings (SSSR count). The molecule has 1 N–H and O–H groups in total. The average molecular weight is 304 g/mol. The number of benzene rings is 1. The lowest BCUT2D eigenvalue weighted by atomic mass is 10.00. The van der Waals surface area contributed by atoms with Crippen LogP contribution in [-0.4, -0.2) is 25.8 Å². The Morgan fingerprint density at radius 1 is 1.26 bits per heavy atom. The van der Waals surface area contributed by atoms with Gasteiger partial charge in [-0.3, -0.25) is 0 Å². The molecule has 2 unspecified atom stereocenters. The van der Waals surface area contributed by atoms with Gasteiger partial charge >= 0.3 is 0 Å². The molecule has 0 saturated heterocycles. The lowest BCUT2D eigenvalue weighted by Gasteiger charge is -2.20. The topological polar surface area (TPSA) is 21.3 Å². The molecule has 0 aliphatic carbocycles. The summed E-state index contributed by atoms with van der Waals surface area (Å²) in [5, 5.41) is 5.02. The van der Waals surface area contributed by atoms with E-state index in [-0.39, 0.29) is 6.10 Å². The van der Waals surface area contributed by atoms with Gasteiger partial charge < -0.3 is 10.1 Å². The molecule has 0 saturated carbocycles. The zero-order valence-corrected chi connectivity index (χ0v) is 13.4. The average Bonchev–Trinajstić information content (AvgIpc) is 2.40. The van der Waals surface area contributed by atoms with E-state index >= 15 is 0 Å². The van der Waals surface area contributed by atoms with Crippen molar-refractivity contribution in [3.05, 3.63) is 33.8 Å². The number of likely N-dealkylation sites (N-methyl/N-ethyl adjacent to an activating group) is 1. The first-order valence-electron chi connectivity index (χ1n) is 6.76. The van der Waals surface area contributed by atoms with Crippen LogP contribution in [0.3, 0.4) is 0 Å². The number of halogens is 2. The van der Waals surface area contributed by atoms with Crippen molar-refractivity contribution in [2.45, 2.75) is 45.3 Å². The van der Waals surface area contributed by atoms with Crippen LogP contribution in [0.25, 0.3) is 0 Å². The molecule has 19 heavy (non-hydrogen) atoms. The van der Waals surface area contributed by atoms with E-state index in [0.29, 0.717) is 6.04 Å². The Morgan fingerprint density at radius 3 is 2.63 bits per heavy atom. The number of hydrogen-bond acceptors (Lipinski definition) is 2. The number of methoxy groups -OCH3 is 1. The lowest BCUT2D eigenvalue weighted by Crippen LogP contribution is -2.32. The van der Waals surface area contributed by atoms with Gasteiger partial charge in [-0.25, -0.2) is 0 Å². The fourth-order valence-electron chi connectivity index (χ4n) is 2.08. The van der Waals surface area contributed by atoms with E-state index < -0.39 is 0 Å². The predicted molar refractivity (Wildman–Crippen MR) is 83.3 cm³/mol. The van der Waals surface area contributed by atoms with Gasteiger partial charge in [-0.1, -0.05) is 30.1 Å². The maximum atomic E-state index is 6.22. The molecule has 0 heterocycles. The van der Waals surface area contributed by atoms with E-state index in [0.717, 1.165) is 41.4 Å². The second-order valence-electron chi connectivity index (χ2n) is 4.82. The van der Waals surface area contributed by atoms with E-state index in [2.05, 4.69) is 19.2 Å². The van der Waals surface area contributed by atoms with Gasteiger partial charge in [0.2, 0.25) is 0 Å². The summed E-state index contributed by atoms with van der Waals surface area (Å²) in [7, 11) is 1.75. The predicted octanol–water partition coefficient (Wildman–Crippen LogP) is 4.33. The lowest BCUT2D eigenvalue weighted by molar-refractivity contribution is 0.106. The molecule has 0 aromatic heterocycles. The maximum Gasteiger partial charge on any atom is 0.0543 e. The Morgan fingerprint density at radius 2 is 2.00 bits per heavy atom. The molecule has 2 atom stereocenters. The number of hydrogen-bond donors (Lipinski definition) is 1. The number of nitrogens with one attached hydrogen (secondary N) is 1. The molecule has 1 aromatic rings. The van der Waals surface area contributed by atoms with Crippen LogP contribution in [0.5, 0.6) is 0 Å². The maximum absolute atomic E-state index is 6.22. The zero-order chi connectivity index (χ0) is 14.3. The van der Waals surface area contributed by atoms with Crippen LogP contribution in [0.2, 0.25) is 10.0 Å². The monoisotopic (exact) mass is 303 g/mol. The fourth-order valence-corrected chi connectivity index (χ4v) is 2.47. The molecule has 1 aromatic carbocycles. The Labute approximate surface area is 126 Å². The van der Waals surface area contributed by atoms with Crippen LogP contribution < -0.4 is 5.32 Å². The smallest absolute Gasteiger partial charge is 0.0543 e. The first-order valence-corrected chi connectivity index (χ1v) is 7.52. The third-order valence-electron chi connectivity index (χ3n) is 3.29. The second kappa shape index (κ2) is 8.80. The molecule has 0 bridgehead atoms. The summed E-state index contributed by atoms with van der Waals surface area (Å²) < 4.78 is 5.30. The van der Waals surface area contributed by atoms with Gasteiger partial charge in [-0.05, 0) is 56.5 Å². The van der Waals surface area contributed by atoms with Crippen molar-refractivity contribution in [2.24, 2.45) is 0 Å². The third kappa shape index (κ3) is 6.13. The van der Waals surface area contributed by atoms with Crippen molar-refractivity contribution in [1.29, 1.82) is 0 Å². The Bertz CT molecular complexity index is 384. The number of ether oxygens (including phenoxy) is 1. The Balaban J connectivity index is 2.63. The van der Waals surface area contributed by atoms with Gasteiger partial charge in [0.05, 0.1) is 6.10 Å². The van der Waals surface area contributed by atoms with E-state index in [1.165, 1.54) is 0 Å². The molecule has 0 amide bonds. The molecule has 4 heteroatoms. The fraction of sp³-hybridized carbons (Fsp3) is 0.600. The highest BCUT2D eigenvalue weighted by atomic mass is 35.5. The van der Waals surface area contributed by atoms with Crippen LogP contribution in [0, 0.1) is 0 Å². The van der Waals surface area contributed by atoms with E-state index in [1.54, 1.807) is 7.11 Å². The highest BCUT2D eigenvalue weighted by Crippen LogP contribution is 2.23. The Kier molecular flexibility index (Phi) is 7.77. The minimum absolute atomic E-state index is 0.288. The van der Waals surface area contributed by atoms with E-state index in [9.17, 15) is 0 Å². The molecule has 2 nitrogen and oxygen atoms in total. The molecular weight excluding hydrogens is 281 g/mol. The van der Waals surface area contributed by atoms with Crippen molar-refractivity contribution in [1.82, 2.24) is 5.32 Å². The van der Waals surface area contributed by atoms with Gasteiger partial charge in [0.25, 0.3) is 0 Å². The standard InChI is InChI=1S/C15H23Cl2NO/c1-4-18-14(7-5-11(2)19-3)10-12-9-13(16)6-8-15(12)17/h6,8-9,11,14,18H,4-5,7,10H2,1-3H3. The van der Waals surface area contributed by atoms with Crippen LogP contribution in [0.15, 0.2) is 18.2 Å². The van der Waals surface area contributed by atoms with Gasteiger partial charge in [-0.2, -0.15) is 0 Å². The second-order valence-corrected chi connectivity index (χ2v) is 5.66. The van der Waals surface area contributed by atoms with Crippen LogP contribution in [0.4, 0.5) is 0 Å². The SMILES string of the molecule is CCNC(CCC(C)OC)Cc1cc(Cl)ccc1Cl. The summed E-state index contributed by atoms with van der Waals surface area (Å²) in [5.74, 6) is 0. The first kappa shape index (κ1) is 16.8. The highest BCUT2D eigenvalue weighted by molar-refractivity contribution is 6.33. The van der Waals surface area contributed by atoms with Gasteiger partial charge in [0, 0.05) is 23.2 Å². The van der Waals surface area contributed by atoms with E-state index in [1.807, 2.05) is 18.2 Å². The summed E-state index contributed by atoms with van der Waals surface area (Å²) in [6.45, 7) is 5.16. The quantitative estimate of drug-likeness (QED) is 0.772. The van der Waals surface area contributed by atoms with Crippen LogP contribution in [-0.2, 0) is 11.2 Å². The van der Waals surface area contributed by atoms with Crippen molar-refractivity contribution >= 4 is 23.2 Å². The summed E-state index contributed by atoms with van der Waals surface area (Å²) in [6, 6.07) is 6.04.